The Hall–Kier alpha value is -6.41. The van der Waals surface area contributed by atoms with Gasteiger partial charge in [-0.1, -0.05) is 11.6 Å². The summed E-state index contributed by atoms with van der Waals surface area (Å²) in [7, 11) is 6.44. The number of morpholine rings is 2. The number of hydrogen-bond acceptors (Lipinski definition) is 18. The van der Waals surface area contributed by atoms with Gasteiger partial charge in [-0.15, -0.1) is 0 Å². The Bertz CT molecular complexity index is 2880. The molecule has 2 aromatic carbocycles. The molecule has 0 bridgehead atoms. The van der Waals surface area contributed by atoms with E-state index in [1.54, 1.807) is 47.8 Å². The fraction of sp³-hybridized carbons (Fsp3) is 0.483. The summed E-state index contributed by atoms with van der Waals surface area (Å²) in [5, 5.41) is 11.1. The highest BCUT2D eigenvalue weighted by atomic mass is 35.5. The first kappa shape index (κ1) is 56.8. The molecular weight excluding hydrogens is 1010 g/mol. The van der Waals surface area contributed by atoms with Crippen molar-refractivity contribution in [2.24, 2.45) is 11.8 Å². The predicted octanol–water partition coefficient (Wildman–Crippen LogP) is 8.58. The van der Waals surface area contributed by atoms with Crippen LogP contribution in [0.15, 0.2) is 73.1 Å². The normalized spacial score (nSPS) is 18.6. The molecule has 0 spiro atoms. The van der Waals surface area contributed by atoms with E-state index in [-0.39, 0.29) is 24.0 Å². The number of ether oxygens (including phenoxy) is 9. The first-order valence-corrected chi connectivity index (χ1v) is 26.8. The van der Waals surface area contributed by atoms with E-state index >= 15 is 0 Å². The lowest BCUT2D eigenvalue weighted by atomic mass is 10.0. The zero-order chi connectivity index (χ0) is 54.3. The molecule has 6 heterocycles. The van der Waals surface area contributed by atoms with Crippen molar-refractivity contribution in [1.29, 1.82) is 0 Å². The second-order valence-corrected chi connectivity index (χ2v) is 19.8. The molecule has 10 rings (SSSR count). The van der Waals surface area contributed by atoms with Crippen molar-refractivity contribution in [1.82, 2.24) is 29.7 Å². The van der Waals surface area contributed by atoms with Crippen LogP contribution in [0, 0.1) is 11.8 Å². The molecule has 1 N–H and O–H groups in total. The summed E-state index contributed by atoms with van der Waals surface area (Å²) < 4.78 is 52.0. The lowest BCUT2D eigenvalue weighted by Gasteiger charge is -2.26. The van der Waals surface area contributed by atoms with Gasteiger partial charge in [0.2, 0.25) is 17.4 Å². The smallest absolute Gasteiger partial charge is 0.223 e. The first-order valence-electron chi connectivity index (χ1n) is 26.4. The maximum Gasteiger partial charge on any atom is 0.223 e. The van der Waals surface area contributed by atoms with Crippen LogP contribution >= 0.6 is 11.6 Å². The molecule has 0 unspecified atom stereocenters. The van der Waals surface area contributed by atoms with E-state index in [1.807, 2.05) is 67.6 Å². The SMILES string of the molecule is COc1cc(-c2cc3ncccc3c(Cl)n2)cc(OC)c1OCCN1CCOCC1.COc1cc(-c2cc3ncccc3c(O[C@H](C)[C@H]3CCC(=O)C3)n2)cc(OC)c1OCCN1CCOCC1.C[C@@H](O)[C@H]1CCC(=O)C1. The van der Waals surface area contributed by atoms with E-state index in [2.05, 4.69) is 24.8 Å². The molecule has 2 saturated carbocycles. The summed E-state index contributed by atoms with van der Waals surface area (Å²) >= 11 is 6.38. The Morgan fingerprint density at radius 2 is 1.08 bits per heavy atom. The minimum atomic E-state index is -0.295. The summed E-state index contributed by atoms with van der Waals surface area (Å²) in [6.07, 6.45) is 7.22. The Morgan fingerprint density at radius 1 is 0.636 bits per heavy atom. The average molecular weight is 1080 g/mol. The number of aliphatic hydroxyl groups excluding tert-OH is 1. The maximum atomic E-state index is 11.8. The van der Waals surface area contributed by atoms with Gasteiger partial charge in [0.25, 0.3) is 0 Å². The van der Waals surface area contributed by atoms with Crippen LogP contribution in [0.1, 0.15) is 52.4 Å². The van der Waals surface area contributed by atoms with Crippen LogP contribution in [0.25, 0.3) is 44.3 Å². The summed E-state index contributed by atoms with van der Waals surface area (Å²) in [4.78, 5) is 45.5. The van der Waals surface area contributed by atoms with Crippen LogP contribution in [0.4, 0.5) is 0 Å². The zero-order valence-corrected chi connectivity index (χ0v) is 45.7. The van der Waals surface area contributed by atoms with Crippen molar-refractivity contribution < 1.29 is 57.3 Å². The number of nitrogens with zero attached hydrogens (tertiary/aromatic N) is 6. The van der Waals surface area contributed by atoms with E-state index in [1.165, 1.54) is 0 Å². The van der Waals surface area contributed by atoms with Gasteiger partial charge >= 0.3 is 0 Å². The number of halogens is 1. The fourth-order valence-corrected chi connectivity index (χ4v) is 10.0. The van der Waals surface area contributed by atoms with Gasteiger partial charge in [-0.25, -0.2) is 9.97 Å². The van der Waals surface area contributed by atoms with Crippen molar-refractivity contribution in [2.75, 3.05) is 107 Å². The monoisotopic (exact) mass is 1080 g/mol. The number of Topliss-reactive ketones (excluding diaryl/α,β-unsaturated/α-hetero) is 2. The van der Waals surface area contributed by atoms with Crippen LogP contribution in [0.3, 0.4) is 0 Å². The van der Waals surface area contributed by atoms with Gasteiger partial charge in [0.15, 0.2) is 23.0 Å². The second-order valence-electron chi connectivity index (χ2n) is 19.4. The van der Waals surface area contributed by atoms with Crippen LogP contribution in [-0.2, 0) is 19.1 Å². The number of pyridine rings is 4. The third-order valence-electron chi connectivity index (χ3n) is 14.4. The molecule has 77 heavy (non-hydrogen) atoms. The highest BCUT2D eigenvalue weighted by Crippen LogP contribution is 2.44. The summed E-state index contributed by atoms with van der Waals surface area (Å²) in [6.45, 7) is 13.0. The van der Waals surface area contributed by atoms with Gasteiger partial charge in [0.05, 0.1) is 88.8 Å². The Kier molecular flexibility index (Phi) is 20.5. The number of aliphatic hydroxyl groups is 1. The molecule has 0 radical (unpaired) electrons. The number of methoxy groups -OCH3 is 4. The van der Waals surface area contributed by atoms with Crippen molar-refractivity contribution in [2.45, 2.75) is 64.6 Å². The highest BCUT2D eigenvalue weighted by Gasteiger charge is 2.30. The number of carbonyl (C=O) groups excluding carboxylic acids is 2. The highest BCUT2D eigenvalue weighted by molar-refractivity contribution is 6.34. The van der Waals surface area contributed by atoms with Crippen molar-refractivity contribution in [3.8, 4) is 62.9 Å². The van der Waals surface area contributed by atoms with Gasteiger partial charge in [-0.2, -0.15) is 0 Å². The lowest BCUT2D eigenvalue weighted by Crippen LogP contribution is -2.38. The minimum absolute atomic E-state index is 0.140. The Labute approximate surface area is 455 Å². The van der Waals surface area contributed by atoms with Gasteiger partial charge in [0.1, 0.15) is 36.0 Å². The minimum Gasteiger partial charge on any atom is -0.493 e. The molecular formula is C58H71ClN6O12. The Balaban J connectivity index is 0.000000178. The number of hydrogen-bond donors (Lipinski definition) is 1. The molecule has 4 fully saturated rings. The quantitative estimate of drug-likeness (QED) is 0.0803. The van der Waals surface area contributed by atoms with Crippen molar-refractivity contribution in [3.05, 3.63) is 78.2 Å². The summed E-state index contributed by atoms with van der Waals surface area (Å²) in [6, 6.07) is 18.9. The standard InChI is InChI=1S/C29H35N3O6.C22H24ClN3O4.C7H12O2/c1-19(20-6-7-22(33)15-20)38-29-23-5-4-8-30-25(23)18-24(31-29)21-16-26(34-2)28(27(17-21)35-3)37-14-11-32-9-12-36-13-10-32;1-27-19-12-15(17-14-18-16(22(23)25-17)4-3-5-24-18)13-20(28-2)21(19)30-11-8-26-6-9-29-10-7-26;1-5(8)6-2-3-7(9)4-6/h4-5,8,16-20H,6-7,9-15H2,1-3H3;3-5,12-14H,6-11H2,1-2H3;5-6,8H,2-4H2,1H3/t19-,20+;;5-,6+/m1.1/s1. The van der Waals surface area contributed by atoms with Crippen molar-refractivity contribution in [3.63, 3.8) is 0 Å². The van der Waals surface area contributed by atoms with Gasteiger partial charge < -0.3 is 47.7 Å². The molecule has 4 atom stereocenters. The molecule has 19 heteroatoms. The molecule has 0 amide bonds. The van der Waals surface area contributed by atoms with Gasteiger partial charge in [-0.05, 0) is 93.3 Å². The van der Waals surface area contributed by atoms with E-state index in [9.17, 15) is 9.59 Å². The van der Waals surface area contributed by atoms with Crippen LogP contribution in [-0.4, -0.2) is 166 Å². The number of rotatable bonds is 18. The molecule has 2 aliphatic heterocycles. The molecule has 6 aromatic rings. The zero-order valence-electron chi connectivity index (χ0n) is 45.0. The maximum absolute atomic E-state index is 11.8. The molecule has 412 valence electrons. The van der Waals surface area contributed by atoms with E-state index in [4.69, 9.17) is 64.3 Å². The van der Waals surface area contributed by atoms with E-state index < -0.39 is 0 Å². The van der Waals surface area contributed by atoms with Crippen LogP contribution < -0.4 is 33.2 Å². The Morgan fingerprint density at radius 3 is 1.51 bits per heavy atom. The predicted molar refractivity (Wildman–Crippen MR) is 293 cm³/mol. The number of fused-ring (bicyclic) bond motifs is 2. The number of benzene rings is 2. The van der Waals surface area contributed by atoms with Gasteiger partial charge in [0, 0.05) is 99.8 Å². The third-order valence-corrected chi connectivity index (χ3v) is 14.6. The second kappa shape index (κ2) is 27.8. The topological polar surface area (TPSA) is 195 Å². The number of ketones is 2. The first-order chi connectivity index (χ1) is 37.4. The lowest BCUT2D eigenvalue weighted by molar-refractivity contribution is -0.118. The molecule has 2 aliphatic carbocycles. The average Bonchev–Trinajstić information content (AvgIpc) is 4.12. The summed E-state index contributed by atoms with van der Waals surface area (Å²) in [5.74, 6) is 4.94. The van der Waals surface area contributed by atoms with E-state index in [0.29, 0.717) is 107 Å². The molecule has 2 saturated heterocycles. The third kappa shape index (κ3) is 15.0. The molecule has 4 aliphatic rings. The van der Waals surface area contributed by atoms with Crippen molar-refractivity contribution >= 4 is 45.0 Å². The molecule has 4 aromatic heterocycles. The largest absolute Gasteiger partial charge is 0.493 e. The van der Waals surface area contributed by atoms with Gasteiger partial charge in [-0.3, -0.25) is 29.4 Å². The number of aromatic nitrogens is 4. The number of carbonyl (C=O) groups is 2. The molecule has 18 nitrogen and oxygen atoms in total. The van der Waals surface area contributed by atoms with Crippen LogP contribution in [0.2, 0.25) is 5.15 Å². The fourth-order valence-electron chi connectivity index (χ4n) is 9.78. The summed E-state index contributed by atoms with van der Waals surface area (Å²) in [5.41, 5.74) is 4.50. The van der Waals surface area contributed by atoms with E-state index in [0.717, 1.165) is 111 Å². The van der Waals surface area contributed by atoms with Crippen LogP contribution in [0.5, 0.6) is 40.4 Å².